The Hall–Kier alpha value is -2.20. The first-order valence-corrected chi connectivity index (χ1v) is 11.2. The molecule has 0 aromatic carbocycles. The van der Waals surface area contributed by atoms with Crippen molar-refractivity contribution in [2.75, 3.05) is 14.1 Å². The third-order valence-electron chi connectivity index (χ3n) is 5.44. The Morgan fingerprint density at radius 1 is 0.618 bits per heavy atom. The maximum atomic E-state index is 12.0. The molecule has 0 spiro atoms. The van der Waals surface area contributed by atoms with Crippen LogP contribution in [0, 0.1) is 0 Å². The molecule has 0 saturated carbocycles. The van der Waals surface area contributed by atoms with Crippen LogP contribution < -0.4 is 0 Å². The van der Waals surface area contributed by atoms with Gasteiger partial charge in [-0.3, -0.25) is 29.0 Å². The largest absolute Gasteiger partial charge is 0.480 e. The standard InChI is InChI=1S/C15H29NO4.C9H17NO4/c1-10(12(17)19-14(3,4)5)16(9)11(2)13(18)20-15(6,7)8;1-8(2,6(11)12)10(5)9(3,4)7(13)14/h10-11H,1-9H3;1-5H3,(H,11,12)(H,13,14). The maximum Gasteiger partial charge on any atom is 0.323 e. The molecular weight excluding hydrogens is 444 g/mol. The van der Waals surface area contributed by atoms with Crippen LogP contribution in [0.2, 0.25) is 0 Å². The van der Waals surface area contributed by atoms with Gasteiger partial charge in [0.1, 0.15) is 34.4 Å². The van der Waals surface area contributed by atoms with Gasteiger partial charge in [0.15, 0.2) is 0 Å². The van der Waals surface area contributed by atoms with Crippen molar-refractivity contribution in [2.45, 2.75) is 117 Å². The van der Waals surface area contributed by atoms with Crippen molar-refractivity contribution in [3.63, 3.8) is 0 Å². The van der Waals surface area contributed by atoms with E-state index in [1.807, 2.05) is 41.5 Å². The highest BCUT2D eigenvalue weighted by Gasteiger charge is 2.44. The minimum atomic E-state index is -1.21. The lowest BCUT2D eigenvalue weighted by Gasteiger charge is -2.40. The number of aliphatic carboxylic acids is 2. The summed E-state index contributed by atoms with van der Waals surface area (Å²) in [6.07, 6.45) is 0. The summed E-state index contributed by atoms with van der Waals surface area (Å²) in [6.45, 7) is 20.2. The first-order chi connectivity index (χ1) is 14.8. The van der Waals surface area contributed by atoms with Crippen LogP contribution in [-0.2, 0) is 28.7 Å². The number of ether oxygens (including phenoxy) is 2. The van der Waals surface area contributed by atoms with Crippen LogP contribution in [0.15, 0.2) is 0 Å². The van der Waals surface area contributed by atoms with Gasteiger partial charge in [0.2, 0.25) is 0 Å². The molecule has 10 heteroatoms. The van der Waals surface area contributed by atoms with E-state index in [0.717, 1.165) is 0 Å². The predicted molar refractivity (Wildman–Crippen MR) is 130 cm³/mol. The Morgan fingerprint density at radius 2 is 0.853 bits per heavy atom. The van der Waals surface area contributed by atoms with Crippen LogP contribution in [-0.4, -0.2) is 92.3 Å². The lowest BCUT2D eigenvalue weighted by molar-refractivity contribution is -0.167. The number of likely N-dealkylation sites (N-methyl/N-ethyl adjacent to an activating group) is 2. The highest BCUT2D eigenvalue weighted by molar-refractivity contribution is 5.82. The van der Waals surface area contributed by atoms with E-state index in [4.69, 9.17) is 19.7 Å². The molecule has 0 saturated heterocycles. The molecule has 0 heterocycles. The number of hydrogen-bond acceptors (Lipinski definition) is 8. The fourth-order valence-electron chi connectivity index (χ4n) is 2.43. The first kappa shape index (κ1) is 34.0. The molecule has 200 valence electrons. The summed E-state index contributed by atoms with van der Waals surface area (Å²) in [6, 6.07) is -1.03. The highest BCUT2D eigenvalue weighted by Crippen LogP contribution is 2.23. The van der Waals surface area contributed by atoms with Gasteiger partial charge < -0.3 is 19.7 Å². The van der Waals surface area contributed by atoms with Crippen molar-refractivity contribution in [1.29, 1.82) is 0 Å². The van der Waals surface area contributed by atoms with Gasteiger partial charge in [0.05, 0.1) is 0 Å². The molecule has 0 rings (SSSR count). The Balaban J connectivity index is 0. The molecule has 0 amide bonds. The van der Waals surface area contributed by atoms with Gasteiger partial charge >= 0.3 is 23.9 Å². The second-order valence-electron chi connectivity index (χ2n) is 11.4. The van der Waals surface area contributed by atoms with Crippen LogP contribution in [0.3, 0.4) is 0 Å². The van der Waals surface area contributed by atoms with Crippen molar-refractivity contribution in [1.82, 2.24) is 9.80 Å². The molecule has 0 aliphatic rings. The van der Waals surface area contributed by atoms with E-state index in [1.165, 1.54) is 39.6 Å². The third kappa shape index (κ3) is 10.8. The summed E-state index contributed by atoms with van der Waals surface area (Å²) >= 11 is 0. The summed E-state index contributed by atoms with van der Waals surface area (Å²) in [5.74, 6) is -2.80. The Kier molecular flexibility index (Phi) is 12.0. The molecule has 0 aromatic rings. The lowest BCUT2D eigenvalue weighted by atomic mass is 9.94. The number of carboxylic acids is 2. The number of carbonyl (C=O) groups is 4. The van der Waals surface area contributed by atoms with Crippen molar-refractivity contribution < 1.29 is 38.9 Å². The second-order valence-corrected chi connectivity index (χ2v) is 11.4. The van der Waals surface area contributed by atoms with Crippen LogP contribution in [0.1, 0.15) is 83.1 Å². The molecule has 0 aliphatic heterocycles. The van der Waals surface area contributed by atoms with Gasteiger partial charge in [-0.05, 0) is 97.2 Å². The van der Waals surface area contributed by atoms with Crippen LogP contribution in [0.25, 0.3) is 0 Å². The van der Waals surface area contributed by atoms with E-state index in [-0.39, 0.29) is 11.9 Å². The molecule has 2 atom stereocenters. The van der Waals surface area contributed by atoms with E-state index < -0.39 is 46.3 Å². The maximum absolute atomic E-state index is 12.0. The minimum absolute atomic E-state index is 0.351. The first-order valence-electron chi connectivity index (χ1n) is 11.2. The molecule has 0 aliphatic carbocycles. The number of esters is 2. The van der Waals surface area contributed by atoms with Gasteiger partial charge in [-0.2, -0.15) is 0 Å². The third-order valence-corrected chi connectivity index (χ3v) is 5.44. The topological polar surface area (TPSA) is 134 Å². The normalized spacial score (nSPS) is 14.6. The fraction of sp³-hybridized carbons (Fsp3) is 0.833. The van der Waals surface area contributed by atoms with E-state index in [0.29, 0.717) is 0 Å². The van der Waals surface area contributed by atoms with Crippen molar-refractivity contribution in [2.24, 2.45) is 0 Å². The molecule has 0 aromatic heterocycles. The van der Waals surface area contributed by atoms with Gasteiger partial charge in [0, 0.05) is 0 Å². The van der Waals surface area contributed by atoms with Crippen LogP contribution in [0.5, 0.6) is 0 Å². The van der Waals surface area contributed by atoms with Crippen LogP contribution in [0.4, 0.5) is 0 Å². The average Bonchev–Trinajstić information content (AvgIpc) is 2.62. The molecule has 0 bridgehead atoms. The molecule has 2 unspecified atom stereocenters. The summed E-state index contributed by atoms with van der Waals surface area (Å²) < 4.78 is 10.6. The van der Waals surface area contributed by atoms with E-state index in [1.54, 1.807) is 25.8 Å². The quantitative estimate of drug-likeness (QED) is 0.489. The zero-order valence-electron chi connectivity index (χ0n) is 23.4. The van der Waals surface area contributed by atoms with Crippen molar-refractivity contribution in [3.8, 4) is 0 Å². The minimum Gasteiger partial charge on any atom is -0.480 e. The zero-order valence-corrected chi connectivity index (χ0v) is 23.4. The Morgan fingerprint density at radius 3 is 1.03 bits per heavy atom. The van der Waals surface area contributed by atoms with E-state index >= 15 is 0 Å². The summed E-state index contributed by atoms with van der Waals surface area (Å²) in [7, 11) is 3.20. The summed E-state index contributed by atoms with van der Waals surface area (Å²) in [5.41, 5.74) is -3.49. The van der Waals surface area contributed by atoms with Crippen molar-refractivity contribution >= 4 is 23.9 Å². The van der Waals surface area contributed by atoms with Gasteiger partial charge in [-0.15, -0.1) is 0 Å². The molecule has 0 radical (unpaired) electrons. The molecule has 2 N–H and O–H groups in total. The molecule has 0 fully saturated rings. The zero-order chi connectivity index (χ0) is 28.0. The predicted octanol–water partition coefficient (Wildman–Crippen LogP) is 3.02. The van der Waals surface area contributed by atoms with Crippen molar-refractivity contribution in [3.05, 3.63) is 0 Å². The molecule has 10 nitrogen and oxygen atoms in total. The SMILES string of the molecule is CC(C(=O)OC(C)(C)C)N(C)C(C)C(=O)OC(C)(C)C.CN(C(C)(C)C(=O)O)C(C)(C)C(=O)O. The van der Waals surface area contributed by atoms with E-state index in [9.17, 15) is 19.2 Å². The second kappa shape index (κ2) is 12.0. The Labute approximate surface area is 204 Å². The number of hydrogen-bond donors (Lipinski definition) is 2. The average molecular weight is 491 g/mol. The number of carbonyl (C=O) groups excluding carboxylic acids is 2. The monoisotopic (exact) mass is 490 g/mol. The fourth-order valence-corrected chi connectivity index (χ4v) is 2.43. The van der Waals surface area contributed by atoms with E-state index in [2.05, 4.69) is 0 Å². The highest BCUT2D eigenvalue weighted by atomic mass is 16.6. The van der Waals surface area contributed by atoms with Gasteiger partial charge in [-0.1, -0.05) is 0 Å². The Bertz CT molecular complexity index is 672. The van der Waals surface area contributed by atoms with Gasteiger partial charge in [-0.25, -0.2) is 0 Å². The number of rotatable bonds is 8. The summed E-state index contributed by atoms with van der Waals surface area (Å²) in [4.78, 5) is 48.8. The number of carboxylic acid groups (broad SMARTS) is 2. The van der Waals surface area contributed by atoms with Crippen LogP contribution >= 0.6 is 0 Å². The smallest absolute Gasteiger partial charge is 0.323 e. The summed E-state index contributed by atoms with van der Waals surface area (Å²) in [5, 5.41) is 17.8. The van der Waals surface area contributed by atoms with Gasteiger partial charge in [0.25, 0.3) is 0 Å². The molecule has 34 heavy (non-hydrogen) atoms. The number of nitrogens with zero attached hydrogens (tertiary/aromatic N) is 2. The lowest BCUT2D eigenvalue weighted by Crippen LogP contribution is -2.60. The molecular formula is C24H46N2O8.